The second-order valence-corrected chi connectivity index (χ2v) is 4.35. The molecule has 2 rings (SSSR count). The topological polar surface area (TPSA) is 64.3 Å². The third kappa shape index (κ3) is 3.36. The molecule has 0 saturated carbocycles. The van der Waals surface area contributed by atoms with Crippen LogP contribution in [0.15, 0.2) is 48.5 Å². The Bertz CT molecular complexity index is 562. The van der Waals surface area contributed by atoms with Gasteiger partial charge in [-0.2, -0.15) is 0 Å². The quantitative estimate of drug-likeness (QED) is 0.874. The van der Waals surface area contributed by atoms with Crippen LogP contribution in [0.25, 0.3) is 11.1 Å². The molecule has 0 aliphatic heterocycles. The number of hydrogen-bond donors (Lipinski definition) is 2. The molecule has 0 bridgehead atoms. The third-order valence-corrected chi connectivity index (χ3v) is 3.00. The molecule has 0 fully saturated rings. The first-order valence-corrected chi connectivity index (χ1v) is 6.47. The highest BCUT2D eigenvalue weighted by Gasteiger charge is 2.05. The van der Waals surface area contributed by atoms with E-state index in [4.69, 9.17) is 10.5 Å². The number of methoxy groups -OCH3 is 1. The van der Waals surface area contributed by atoms with Crippen molar-refractivity contribution < 1.29 is 9.53 Å². The number of nitrogens with one attached hydrogen (secondary N) is 1. The summed E-state index contributed by atoms with van der Waals surface area (Å²) in [4.78, 5) is 11.8. The Morgan fingerprint density at radius 1 is 1.05 bits per heavy atom. The minimum atomic E-state index is -0.100. The standard InChI is InChI=1S/C16H18N2O2/c1-20-15-8-6-13(7-9-15)12-2-4-14(5-3-12)16(19)18-11-10-17/h2-9H,10-11,17H2,1H3,(H,18,19). The zero-order valence-electron chi connectivity index (χ0n) is 11.4. The molecule has 2 aromatic rings. The molecular weight excluding hydrogens is 252 g/mol. The van der Waals surface area contributed by atoms with Crippen LogP contribution >= 0.6 is 0 Å². The number of ether oxygens (including phenoxy) is 1. The van der Waals surface area contributed by atoms with Gasteiger partial charge in [0.2, 0.25) is 0 Å². The lowest BCUT2D eigenvalue weighted by atomic mass is 10.0. The predicted molar refractivity (Wildman–Crippen MR) is 79.8 cm³/mol. The fourth-order valence-corrected chi connectivity index (χ4v) is 1.89. The largest absolute Gasteiger partial charge is 0.497 e. The Balaban J connectivity index is 2.12. The summed E-state index contributed by atoms with van der Waals surface area (Å²) >= 11 is 0. The van der Waals surface area contributed by atoms with Gasteiger partial charge in [-0.25, -0.2) is 0 Å². The Labute approximate surface area is 118 Å². The van der Waals surface area contributed by atoms with Gasteiger partial charge in [-0.15, -0.1) is 0 Å². The summed E-state index contributed by atoms with van der Waals surface area (Å²) in [5, 5.41) is 2.74. The first-order valence-electron chi connectivity index (χ1n) is 6.47. The lowest BCUT2D eigenvalue weighted by Crippen LogP contribution is -2.28. The summed E-state index contributed by atoms with van der Waals surface area (Å²) in [5.74, 6) is 0.725. The first-order chi connectivity index (χ1) is 9.74. The highest BCUT2D eigenvalue weighted by atomic mass is 16.5. The van der Waals surface area contributed by atoms with Gasteiger partial charge in [0.15, 0.2) is 0 Å². The summed E-state index contributed by atoms with van der Waals surface area (Å²) in [6.45, 7) is 0.925. The molecule has 0 unspecified atom stereocenters. The number of rotatable bonds is 5. The van der Waals surface area contributed by atoms with Crippen LogP contribution < -0.4 is 15.8 Å². The Morgan fingerprint density at radius 3 is 2.10 bits per heavy atom. The van der Waals surface area contributed by atoms with E-state index >= 15 is 0 Å². The van der Waals surface area contributed by atoms with Crippen molar-refractivity contribution in [3.8, 4) is 16.9 Å². The van der Waals surface area contributed by atoms with Gasteiger partial charge in [-0.1, -0.05) is 24.3 Å². The zero-order valence-corrected chi connectivity index (χ0v) is 11.4. The summed E-state index contributed by atoms with van der Waals surface area (Å²) in [7, 11) is 1.64. The Hall–Kier alpha value is -2.33. The monoisotopic (exact) mass is 270 g/mol. The van der Waals surface area contributed by atoms with Crippen molar-refractivity contribution >= 4 is 5.91 Å². The second-order valence-electron chi connectivity index (χ2n) is 4.35. The molecule has 1 amide bonds. The van der Waals surface area contributed by atoms with Crippen LogP contribution in [-0.4, -0.2) is 26.1 Å². The molecule has 4 heteroatoms. The van der Waals surface area contributed by atoms with Crippen molar-refractivity contribution in [2.24, 2.45) is 5.73 Å². The maximum Gasteiger partial charge on any atom is 0.251 e. The zero-order chi connectivity index (χ0) is 14.4. The fraction of sp³-hybridized carbons (Fsp3) is 0.188. The van der Waals surface area contributed by atoms with Crippen LogP contribution in [0.1, 0.15) is 10.4 Å². The minimum Gasteiger partial charge on any atom is -0.497 e. The molecule has 4 nitrogen and oxygen atoms in total. The molecule has 0 aliphatic rings. The van der Waals surface area contributed by atoms with Crippen molar-refractivity contribution in [3.63, 3.8) is 0 Å². The van der Waals surface area contributed by atoms with Gasteiger partial charge >= 0.3 is 0 Å². The lowest BCUT2D eigenvalue weighted by molar-refractivity contribution is 0.0955. The fourth-order valence-electron chi connectivity index (χ4n) is 1.89. The third-order valence-electron chi connectivity index (χ3n) is 3.00. The van der Waals surface area contributed by atoms with Crippen molar-refractivity contribution in [2.45, 2.75) is 0 Å². The molecular formula is C16H18N2O2. The molecule has 20 heavy (non-hydrogen) atoms. The number of carbonyl (C=O) groups is 1. The molecule has 0 spiro atoms. The highest BCUT2D eigenvalue weighted by Crippen LogP contribution is 2.22. The van der Waals surface area contributed by atoms with E-state index in [2.05, 4.69) is 5.32 Å². The molecule has 104 valence electrons. The van der Waals surface area contributed by atoms with E-state index < -0.39 is 0 Å². The van der Waals surface area contributed by atoms with Crippen molar-refractivity contribution in [2.75, 3.05) is 20.2 Å². The average molecular weight is 270 g/mol. The number of nitrogens with two attached hydrogens (primary N) is 1. The van der Waals surface area contributed by atoms with Gasteiger partial charge in [0.25, 0.3) is 5.91 Å². The summed E-state index contributed by atoms with van der Waals surface area (Å²) in [6.07, 6.45) is 0. The number of carbonyl (C=O) groups excluding carboxylic acids is 1. The second kappa shape index (κ2) is 6.73. The summed E-state index contributed by atoms with van der Waals surface area (Å²) < 4.78 is 5.13. The van der Waals surface area contributed by atoms with E-state index in [1.165, 1.54) is 0 Å². The maximum atomic E-state index is 11.8. The van der Waals surface area contributed by atoms with Crippen molar-refractivity contribution in [1.82, 2.24) is 5.32 Å². The average Bonchev–Trinajstić information content (AvgIpc) is 2.53. The molecule has 0 saturated heterocycles. The lowest BCUT2D eigenvalue weighted by Gasteiger charge is -2.06. The number of hydrogen-bond acceptors (Lipinski definition) is 3. The molecule has 0 atom stereocenters. The number of benzene rings is 2. The van der Waals surface area contributed by atoms with E-state index in [0.717, 1.165) is 16.9 Å². The van der Waals surface area contributed by atoms with E-state index in [0.29, 0.717) is 18.7 Å². The SMILES string of the molecule is COc1ccc(-c2ccc(C(=O)NCCN)cc2)cc1. The van der Waals surface area contributed by atoms with E-state index in [1.54, 1.807) is 7.11 Å². The van der Waals surface area contributed by atoms with E-state index in [-0.39, 0.29) is 5.91 Å². The van der Waals surface area contributed by atoms with Gasteiger partial charge in [0.1, 0.15) is 5.75 Å². The van der Waals surface area contributed by atoms with Crippen molar-refractivity contribution in [3.05, 3.63) is 54.1 Å². The Morgan fingerprint density at radius 2 is 1.60 bits per heavy atom. The van der Waals surface area contributed by atoms with Crippen LogP contribution in [0.5, 0.6) is 5.75 Å². The predicted octanol–water partition coefficient (Wildman–Crippen LogP) is 2.05. The Kier molecular flexibility index (Phi) is 4.74. The van der Waals surface area contributed by atoms with E-state index in [9.17, 15) is 4.79 Å². The maximum absolute atomic E-state index is 11.8. The molecule has 0 aliphatic carbocycles. The highest BCUT2D eigenvalue weighted by molar-refractivity contribution is 5.94. The number of amides is 1. The minimum absolute atomic E-state index is 0.100. The molecule has 0 aromatic heterocycles. The van der Waals surface area contributed by atoms with Gasteiger partial charge in [0, 0.05) is 18.7 Å². The first kappa shape index (κ1) is 14.1. The van der Waals surface area contributed by atoms with Crippen LogP contribution in [0.3, 0.4) is 0 Å². The normalized spacial score (nSPS) is 10.1. The van der Waals surface area contributed by atoms with Crippen LogP contribution in [0.2, 0.25) is 0 Å². The van der Waals surface area contributed by atoms with Gasteiger partial charge in [-0.05, 0) is 35.4 Å². The van der Waals surface area contributed by atoms with Crippen LogP contribution in [0.4, 0.5) is 0 Å². The molecule has 0 heterocycles. The molecule has 2 aromatic carbocycles. The van der Waals surface area contributed by atoms with Crippen LogP contribution in [-0.2, 0) is 0 Å². The summed E-state index contributed by atoms with van der Waals surface area (Å²) in [5.41, 5.74) is 8.13. The van der Waals surface area contributed by atoms with Crippen LogP contribution in [0, 0.1) is 0 Å². The van der Waals surface area contributed by atoms with Gasteiger partial charge in [-0.3, -0.25) is 4.79 Å². The van der Waals surface area contributed by atoms with E-state index in [1.807, 2.05) is 48.5 Å². The smallest absolute Gasteiger partial charge is 0.251 e. The molecule has 3 N–H and O–H groups in total. The van der Waals surface area contributed by atoms with Crippen molar-refractivity contribution in [1.29, 1.82) is 0 Å². The summed E-state index contributed by atoms with van der Waals surface area (Å²) in [6, 6.07) is 15.3. The van der Waals surface area contributed by atoms with Gasteiger partial charge < -0.3 is 15.8 Å². The van der Waals surface area contributed by atoms with Gasteiger partial charge in [0.05, 0.1) is 7.11 Å². The molecule has 0 radical (unpaired) electrons.